The van der Waals surface area contributed by atoms with E-state index in [2.05, 4.69) is 31.0 Å². The molecule has 1 fully saturated rings. The summed E-state index contributed by atoms with van der Waals surface area (Å²) in [4.78, 5) is 2.38. The fraction of sp³-hybridized carbons (Fsp3) is 0.647. The predicted molar refractivity (Wildman–Crippen MR) is 86.9 cm³/mol. The molecule has 2 N–H and O–H groups in total. The standard InChI is InChI=1S/C17H27ClN2/c1-14-6-5-9-17(10-14,12-19)13-20(2)11-15-7-3-4-8-16(15)18/h3-4,7-8,14H,5-6,9-13,19H2,1-2H3. The largest absolute Gasteiger partial charge is 0.330 e. The quantitative estimate of drug-likeness (QED) is 0.891. The molecule has 0 aliphatic heterocycles. The lowest BCUT2D eigenvalue weighted by atomic mass is 9.70. The van der Waals surface area contributed by atoms with Crippen LogP contribution in [0.25, 0.3) is 0 Å². The highest BCUT2D eigenvalue weighted by molar-refractivity contribution is 6.31. The lowest BCUT2D eigenvalue weighted by molar-refractivity contribution is 0.0981. The van der Waals surface area contributed by atoms with Crippen molar-refractivity contribution in [3.05, 3.63) is 34.9 Å². The van der Waals surface area contributed by atoms with E-state index in [-0.39, 0.29) is 0 Å². The van der Waals surface area contributed by atoms with Gasteiger partial charge < -0.3 is 10.6 Å². The fourth-order valence-corrected chi connectivity index (χ4v) is 3.90. The lowest BCUT2D eigenvalue weighted by Crippen LogP contribution is -2.44. The first-order valence-electron chi connectivity index (χ1n) is 7.67. The molecule has 1 aromatic rings. The van der Waals surface area contributed by atoms with Gasteiger partial charge in [-0.25, -0.2) is 0 Å². The Kier molecular flexibility index (Phi) is 5.48. The molecule has 0 spiro atoms. The van der Waals surface area contributed by atoms with E-state index in [4.69, 9.17) is 17.3 Å². The number of nitrogens with two attached hydrogens (primary N) is 1. The van der Waals surface area contributed by atoms with Gasteiger partial charge in [-0.2, -0.15) is 0 Å². The van der Waals surface area contributed by atoms with Gasteiger partial charge in [0, 0.05) is 18.1 Å². The topological polar surface area (TPSA) is 29.3 Å². The summed E-state index contributed by atoms with van der Waals surface area (Å²) in [5.74, 6) is 0.806. The highest BCUT2D eigenvalue weighted by Crippen LogP contribution is 2.39. The van der Waals surface area contributed by atoms with Crippen LogP contribution in [0.5, 0.6) is 0 Å². The van der Waals surface area contributed by atoms with E-state index in [0.29, 0.717) is 5.41 Å². The van der Waals surface area contributed by atoms with Gasteiger partial charge in [-0.1, -0.05) is 49.6 Å². The Labute approximate surface area is 128 Å². The van der Waals surface area contributed by atoms with Gasteiger partial charge in [-0.15, -0.1) is 0 Å². The average Bonchev–Trinajstić information content (AvgIpc) is 2.41. The third-order valence-corrected chi connectivity index (χ3v) is 4.99. The first-order chi connectivity index (χ1) is 9.54. The zero-order valence-electron chi connectivity index (χ0n) is 12.7. The Morgan fingerprint density at radius 2 is 2.15 bits per heavy atom. The zero-order valence-corrected chi connectivity index (χ0v) is 13.5. The van der Waals surface area contributed by atoms with Crippen molar-refractivity contribution in [2.75, 3.05) is 20.1 Å². The minimum Gasteiger partial charge on any atom is -0.330 e. The third-order valence-electron chi connectivity index (χ3n) is 4.62. The van der Waals surface area contributed by atoms with Crippen molar-refractivity contribution in [2.45, 2.75) is 39.2 Å². The molecule has 2 unspecified atom stereocenters. The number of halogens is 1. The van der Waals surface area contributed by atoms with Gasteiger partial charge in [0.05, 0.1) is 0 Å². The highest BCUT2D eigenvalue weighted by Gasteiger charge is 2.34. The van der Waals surface area contributed by atoms with Crippen molar-refractivity contribution in [1.82, 2.24) is 4.90 Å². The Hall–Kier alpha value is -0.570. The fourth-order valence-electron chi connectivity index (χ4n) is 3.71. The Morgan fingerprint density at radius 1 is 1.40 bits per heavy atom. The molecule has 2 nitrogen and oxygen atoms in total. The van der Waals surface area contributed by atoms with Crippen LogP contribution in [0.15, 0.2) is 24.3 Å². The van der Waals surface area contributed by atoms with Gasteiger partial charge in [-0.05, 0) is 49.4 Å². The summed E-state index contributed by atoms with van der Waals surface area (Å²) < 4.78 is 0. The first-order valence-corrected chi connectivity index (χ1v) is 8.04. The minimum atomic E-state index is 0.299. The molecule has 1 aliphatic carbocycles. The van der Waals surface area contributed by atoms with Gasteiger partial charge >= 0.3 is 0 Å². The maximum atomic E-state index is 6.25. The molecule has 1 aromatic carbocycles. The van der Waals surface area contributed by atoms with E-state index in [1.807, 2.05) is 12.1 Å². The van der Waals surface area contributed by atoms with Crippen molar-refractivity contribution in [3.63, 3.8) is 0 Å². The molecule has 0 amide bonds. The van der Waals surface area contributed by atoms with Crippen molar-refractivity contribution >= 4 is 11.6 Å². The molecule has 1 aliphatic rings. The summed E-state index contributed by atoms with van der Waals surface area (Å²) in [7, 11) is 2.18. The van der Waals surface area contributed by atoms with Crippen LogP contribution in [0.4, 0.5) is 0 Å². The summed E-state index contributed by atoms with van der Waals surface area (Å²) >= 11 is 6.25. The number of rotatable bonds is 5. The van der Waals surface area contributed by atoms with Crippen molar-refractivity contribution in [3.8, 4) is 0 Å². The number of hydrogen-bond donors (Lipinski definition) is 1. The summed E-state index contributed by atoms with van der Waals surface area (Å²) in [5, 5.41) is 0.859. The normalized spacial score (nSPS) is 26.9. The molecule has 2 rings (SSSR count). The molecule has 0 bridgehead atoms. The van der Waals surface area contributed by atoms with Crippen LogP contribution >= 0.6 is 11.6 Å². The second-order valence-electron chi connectivity index (χ2n) is 6.67. The van der Waals surface area contributed by atoms with E-state index in [0.717, 1.165) is 30.6 Å². The highest BCUT2D eigenvalue weighted by atomic mass is 35.5. The molecule has 112 valence electrons. The number of benzene rings is 1. The summed E-state index contributed by atoms with van der Waals surface area (Å²) in [6.45, 7) is 5.12. The van der Waals surface area contributed by atoms with Gasteiger partial charge in [0.1, 0.15) is 0 Å². The van der Waals surface area contributed by atoms with E-state index >= 15 is 0 Å². The van der Waals surface area contributed by atoms with Crippen molar-refractivity contribution < 1.29 is 0 Å². The van der Waals surface area contributed by atoms with Crippen LogP contribution in [0.2, 0.25) is 5.02 Å². The molecule has 0 aromatic heterocycles. The van der Waals surface area contributed by atoms with Gasteiger partial charge in [0.2, 0.25) is 0 Å². The van der Waals surface area contributed by atoms with Crippen LogP contribution in [0, 0.1) is 11.3 Å². The van der Waals surface area contributed by atoms with Gasteiger partial charge in [0.15, 0.2) is 0 Å². The molecule has 0 saturated heterocycles. The second-order valence-corrected chi connectivity index (χ2v) is 7.08. The van der Waals surface area contributed by atoms with E-state index in [9.17, 15) is 0 Å². The summed E-state index contributed by atoms with van der Waals surface area (Å²) in [6, 6.07) is 8.11. The Bertz CT molecular complexity index is 435. The second kappa shape index (κ2) is 6.93. The van der Waals surface area contributed by atoms with Crippen LogP contribution in [0.1, 0.15) is 38.2 Å². The Morgan fingerprint density at radius 3 is 2.80 bits per heavy atom. The molecule has 2 atom stereocenters. The first kappa shape index (κ1) is 15.8. The van der Waals surface area contributed by atoms with Crippen LogP contribution in [-0.4, -0.2) is 25.0 Å². The molecule has 0 heterocycles. The molecule has 20 heavy (non-hydrogen) atoms. The van der Waals surface area contributed by atoms with Gasteiger partial charge in [0.25, 0.3) is 0 Å². The van der Waals surface area contributed by atoms with E-state index in [1.54, 1.807) is 0 Å². The van der Waals surface area contributed by atoms with Gasteiger partial charge in [-0.3, -0.25) is 0 Å². The van der Waals surface area contributed by atoms with Crippen LogP contribution in [-0.2, 0) is 6.54 Å². The Balaban J connectivity index is 1.99. The number of hydrogen-bond acceptors (Lipinski definition) is 2. The zero-order chi connectivity index (χ0) is 14.6. The van der Waals surface area contributed by atoms with E-state index < -0.39 is 0 Å². The number of nitrogens with zero attached hydrogens (tertiary/aromatic N) is 1. The minimum absolute atomic E-state index is 0.299. The predicted octanol–water partition coefficient (Wildman–Crippen LogP) is 3.93. The van der Waals surface area contributed by atoms with Crippen molar-refractivity contribution in [1.29, 1.82) is 0 Å². The monoisotopic (exact) mass is 294 g/mol. The van der Waals surface area contributed by atoms with Crippen LogP contribution in [0.3, 0.4) is 0 Å². The maximum absolute atomic E-state index is 6.25. The SMILES string of the molecule is CC1CCCC(CN)(CN(C)Cc2ccccc2Cl)C1. The smallest absolute Gasteiger partial charge is 0.0451 e. The molecular weight excluding hydrogens is 268 g/mol. The van der Waals surface area contributed by atoms with Crippen LogP contribution < -0.4 is 5.73 Å². The molecule has 3 heteroatoms. The third kappa shape index (κ3) is 3.97. The van der Waals surface area contributed by atoms with Crippen molar-refractivity contribution in [2.24, 2.45) is 17.1 Å². The molecular formula is C17H27ClN2. The van der Waals surface area contributed by atoms with E-state index in [1.165, 1.54) is 31.2 Å². The summed E-state index contributed by atoms with van der Waals surface area (Å²) in [6.07, 6.45) is 5.20. The maximum Gasteiger partial charge on any atom is 0.0451 e. The lowest BCUT2D eigenvalue weighted by Gasteiger charge is -2.42. The molecule has 0 radical (unpaired) electrons. The summed E-state index contributed by atoms with van der Waals surface area (Å²) in [5.41, 5.74) is 7.62. The molecule has 1 saturated carbocycles. The average molecular weight is 295 g/mol.